The minimum Gasteiger partial charge on any atom is -0.485 e. The number of carbonyl (C=O) groups is 1. The second-order valence-electron chi connectivity index (χ2n) is 9.47. The summed E-state index contributed by atoms with van der Waals surface area (Å²) in [4.78, 5) is 11.0. The van der Waals surface area contributed by atoms with Gasteiger partial charge in [-0.15, -0.1) is 0 Å². The molecule has 7 heteroatoms. The molecule has 186 valence electrons. The van der Waals surface area contributed by atoms with E-state index in [1.807, 2.05) is 12.1 Å². The SMILES string of the molecule is CC(C)(C)[Si](OCCCc1ccc(OCC(=O)C(F)(F)F)cc1)(c1ccccc1)c1ccccc1. The molecule has 0 fully saturated rings. The maximum Gasteiger partial charge on any atom is 0.453 e. The summed E-state index contributed by atoms with van der Waals surface area (Å²) in [7, 11) is -2.58. The fourth-order valence-corrected chi connectivity index (χ4v) is 8.85. The van der Waals surface area contributed by atoms with Crippen molar-refractivity contribution < 1.29 is 27.1 Å². The molecule has 0 saturated heterocycles. The molecular formula is C28H31F3O3Si. The summed E-state index contributed by atoms with van der Waals surface area (Å²) in [5.41, 5.74) is 1.02. The van der Waals surface area contributed by atoms with Crippen LogP contribution in [0.2, 0.25) is 5.04 Å². The van der Waals surface area contributed by atoms with Crippen molar-refractivity contribution in [2.45, 2.75) is 44.8 Å². The fourth-order valence-electron chi connectivity index (χ4n) is 4.25. The lowest BCUT2D eigenvalue weighted by molar-refractivity contribution is -0.173. The van der Waals surface area contributed by atoms with Gasteiger partial charge in [0.05, 0.1) is 0 Å². The zero-order valence-electron chi connectivity index (χ0n) is 20.3. The second-order valence-corrected chi connectivity index (χ2v) is 13.8. The fraction of sp³-hybridized carbons (Fsp3) is 0.321. The van der Waals surface area contributed by atoms with Gasteiger partial charge in [-0.05, 0) is 45.9 Å². The molecule has 35 heavy (non-hydrogen) atoms. The van der Waals surface area contributed by atoms with Crippen LogP contribution >= 0.6 is 0 Å². The summed E-state index contributed by atoms with van der Waals surface area (Å²) < 4.78 is 48.8. The van der Waals surface area contributed by atoms with Crippen LogP contribution in [0, 0.1) is 0 Å². The summed E-state index contributed by atoms with van der Waals surface area (Å²) >= 11 is 0. The zero-order valence-corrected chi connectivity index (χ0v) is 21.3. The Kier molecular flexibility index (Phi) is 8.56. The molecule has 0 aliphatic rings. The van der Waals surface area contributed by atoms with E-state index >= 15 is 0 Å². The lowest BCUT2D eigenvalue weighted by Crippen LogP contribution is -2.66. The molecule has 0 aliphatic carbocycles. The van der Waals surface area contributed by atoms with E-state index in [0.717, 1.165) is 18.4 Å². The number of rotatable bonds is 10. The van der Waals surface area contributed by atoms with Gasteiger partial charge >= 0.3 is 6.18 Å². The Labute approximate surface area is 206 Å². The van der Waals surface area contributed by atoms with E-state index in [1.165, 1.54) is 10.4 Å². The van der Waals surface area contributed by atoms with Crippen molar-refractivity contribution in [1.29, 1.82) is 0 Å². The van der Waals surface area contributed by atoms with Crippen LogP contribution in [0.15, 0.2) is 84.9 Å². The highest BCUT2D eigenvalue weighted by Crippen LogP contribution is 2.36. The third-order valence-electron chi connectivity index (χ3n) is 5.95. The Morgan fingerprint density at radius 2 is 1.31 bits per heavy atom. The lowest BCUT2D eigenvalue weighted by Gasteiger charge is -2.43. The van der Waals surface area contributed by atoms with Gasteiger partial charge in [-0.2, -0.15) is 13.2 Å². The van der Waals surface area contributed by atoms with E-state index in [9.17, 15) is 18.0 Å². The number of benzene rings is 3. The molecular weight excluding hydrogens is 469 g/mol. The summed E-state index contributed by atoms with van der Waals surface area (Å²) in [5, 5.41) is 2.37. The smallest absolute Gasteiger partial charge is 0.453 e. The highest BCUT2D eigenvalue weighted by Gasteiger charge is 2.49. The van der Waals surface area contributed by atoms with Gasteiger partial charge in [0.2, 0.25) is 0 Å². The Hall–Kier alpha value is -2.90. The van der Waals surface area contributed by atoms with Crippen molar-refractivity contribution in [3.8, 4) is 5.75 Å². The molecule has 3 aromatic rings. The minimum atomic E-state index is -4.88. The topological polar surface area (TPSA) is 35.5 Å². The summed E-state index contributed by atoms with van der Waals surface area (Å²) in [6, 6.07) is 27.7. The monoisotopic (exact) mass is 500 g/mol. The number of aryl methyl sites for hydroxylation is 1. The van der Waals surface area contributed by atoms with Crippen LogP contribution in [-0.4, -0.2) is 33.5 Å². The van der Waals surface area contributed by atoms with E-state index in [2.05, 4.69) is 69.3 Å². The third kappa shape index (κ3) is 6.61. The summed E-state index contributed by atoms with van der Waals surface area (Å²) in [6.45, 7) is 6.27. The van der Waals surface area contributed by atoms with E-state index in [-0.39, 0.29) is 10.8 Å². The molecule has 3 aromatic carbocycles. The van der Waals surface area contributed by atoms with Crippen molar-refractivity contribution in [2.75, 3.05) is 13.2 Å². The van der Waals surface area contributed by atoms with Gasteiger partial charge in [0.25, 0.3) is 14.1 Å². The number of ether oxygens (including phenoxy) is 1. The number of halogens is 3. The van der Waals surface area contributed by atoms with Crippen LogP contribution in [-0.2, 0) is 15.6 Å². The Morgan fingerprint density at radius 3 is 1.77 bits per heavy atom. The van der Waals surface area contributed by atoms with Crippen molar-refractivity contribution in [3.05, 3.63) is 90.5 Å². The van der Waals surface area contributed by atoms with Gasteiger partial charge in [0.15, 0.2) is 6.61 Å². The average molecular weight is 501 g/mol. The van der Waals surface area contributed by atoms with Gasteiger partial charge in [-0.1, -0.05) is 93.6 Å². The normalized spacial score (nSPS) is 12.4. The standard InChI is InChI=1S/C28H31F3O3Si/c1-27(2,3)35(24-12-6-4-7-13-24,25-14-8-5-9-15-25)34-20-10-11-22-16-18-23(19-17-22)33-21-26(32)28(29,30)31/h4-9,12-19H,10-11,20-21H2,1-3H3. The molecule has 0 aromatic heterocycles. The molecule has 0 unspecified atom stereocenters. The first-order valence-corrected chi connectivity index (χ1v) is 13.5. The van der Waals surface area contributed by atoms with Gasteiger partial charge in [0.1, 0.15) is 5.75 Å². The van der Waals surface area contributed by atoms with Crippen LogP contribution < -0.4 is 15.1 Å². The van der Waals surface area contributed by atoms with Gasteiger partial charge in [-0.25, -0.2) is 0 Å². The van der Waals surface area contributed by atoms with Crippen molar-refractivity contribution in [1.82, 2.24) is 0 Å². The van der Waals surface area contributed by atoms with Crippen LogP contribution in [0.3, 0.4) is 0 Å². The lowest BCUT2D eigenvalue weighted by atomic mass is 10.1. The first-order chi connectivity index (χ1) is 16.5. The predicted molar refractivity (Wildman–Crippen MR) is 135 cm³/mol. The Bertz CT molecular complexity index is 1040. The zero-order chi connectivity index (χ0) is 25.5. The Balaban J connectivity index is 1.67. The molecule has 0 spiro atoms. The van der Waals surface area contributed by atoms with Gasteiger partial charge in [-0.3, -0.25) is 4.79 Å². The van der Waals surface area contributed by atoms with Crippen LogP contribution in [0.4, 0.5) is 13.2 Å². The molecule has 0 radical (unpaired) electrons. The highest BCUT2D eigenvalue weighted by molar-refractivity contribution is 6.99. The minimum absolute atomic E-state index is 0.0947. The summed E-state index contributed by atoms with van der Waals surface area (Å²) in [6.07, 6.45) is -3.34. The number of hydrogen-bond donors (Lipinski definition) is 0. The molecule has 0 heterocycles. The van der Waals surface area contributed by atoms with Crippen molar-refractivity contribution >= 4 is 24.5 Å². The maximum absolute atomic E-state index is 12.3. The molecule has 3 rings (SSSR count). The van der Waals surface area contributed by atoms with E-state index in [0.29, 0.717) is 6.61 Å². The first kappa shape index (κ1) is 26.7. The van der Waals surface area contributed by atoms with Crippen LogP contribution in [0.1, 0.15) is 32.8 Å². The molecule has 0 N–H and O–H groups in total. The molecule has 0 bridgehead atoms. The largest absolute Gasteiger partial charge is 0.485 e. The number of hydrogen-bond acceptors (Lipinski definition) is 3. The van der Waals surface area contributed by atoms with Crippen LogP contribution in [0.5, 0.6) is 5.75 Å². The van der Waals surface area contributed by atoms with E-state index < -0.39 is 26.9 Å². The van der Waals surface area contributed by atoms with Gasteiger partial charge in [0, 0.05) is 6.61 Å². The molecule has 0 amide bonds. The van der Waals surface area contributed by atoms with Crippen LogP contribution in [0.25, 0.3) is 0 Å². The highest BCUT2D eigenvalue weighted by atomic mass is 28.4. The average Bonchev–Trinajstić information content (AvgIpc) is 2.83. The second kappa shape index (κ2) is 11.2. The third-order valence-corrected chi connectivity index (χ3v) is 11.0. The molecule has 3 nitrogen and oxygen atoms in total. The predicted octanol–water partition coefficient (Wildman–Crippen LogP) is 5.71. The maximum atomic E-state index is 12.3. The number of Topliss-reactive ketones (excluding diaryl/α,β-unsaturated/α-hetero) is 1. The molecule has 0 atom stereocenters. The quantitative estimate of drug-likeness (QED) is 0.264. The Morgan fingerprint density at radius 1 is 0.800 bits per heavy atom. The number of carbonyl (C=O) groups excluding carboxylic acids is 1. The molecule has 0 saturated carbocycles. The number of alkyl halides is 3. The van der Waals surface area contributed by atoms with Crippen molar-refractivity contribution in [3.63, 3.8) is 0 Å². The number of ketones is 1. The summed E-state index contributed by atoms with van der Waals surface area (Å²) in [5.74, 6) is -1.67. The first-order valence-electron chi connectivity index (χ1n) is 11.6. The van der Waals surface area contributed by atoms with Gasteiger partial charge < -0.3 is 9.16 Å². The van der Waals surface area contributed by atoms with Crippen molar-refractivity contribution in [2.24, 2.45) is 0 Å². The van der Waals surface area contributed by atoms with E-state index in [4.69, 9.17) is 9.16 Å². The van der Waals surface area contributed by atoms with E-state index in [1.54, 1.807) is 24.3 Å². The molecule has 0 aliphatic heterocycles.